The van der Waals surface area contributed by atoms with Gasteiger partial charge in [0.05, 0.1) is 9.79 Å². The summed E-state index contributed by atoms with van der Waals surface area (Å²) in [6.45, 7) is 0.973. The molecule has 0 radical (unpaired) electrons. The fraction of sp³-hybridized carbons (Fsp3) is 0.350. The molecule has 0 spiro atoms. The molecule has 162 valence electrons. The highest BCUT2D eigenvalue weighted by Gasteiger charge is 2.25. The zero-order valence-electron chi connectivity index (χ0n) is 16.7. The Morgan fingerprint density at radius 2 is 1.50 bits per heavy atom. The molecule has 10 heteroatoms. The van der Waals surface area contributed by atoms with Gasteiger partial charge in [-0.15, -0.1) is 0 Å². The van der Waals surface area contributed by atoms with Gasteiger partial charge in [-0.3, -0.25) is 4.79 Å². The number of carbonyl (C=O) groups excluding carboxylic acids is 1. The Labute approximate surface area is 177 Å². The largest absolute Gasteiger partial charge is 0.322 e. The third-order valence-electron chi connectivity index (χ3n) is 4.99. The van der Waals surface area contributed by atoms with E-state index in [9.17, 15) is 21.6 Å². The number of nitrogens with one attached hydrogen (secondary N) is 2. The first kappa shape index (κ1) is 22.4. The zero-order valence-corrected chi connectivity index (χ0v) is 18.3. The first-order chi connectivity index (χ1) is 14.2. The van der Waals surface area contributed by atoms with Crippen molar-refractivity contribution in [3.8, 4) is 0 Å². The van der Waals surface area contributed by atoms with Crippen LogP contribution in [0.2, 0.25) is 0 Å². The fourth-order valence-corrected chi connectivity index (χ4v) is 5.56. The zero-order chi connectivity index (χ0) is 21.8. The van der Waals surface area contributed by atoms with E-state index in [1.165, 1.54) is 53.8 Å². The molecule has 0 atom stereocenters. The predicted octanol–water partition coefficient (Wildman–Crippen LogP) is 2.41. The molecule has 8 nitrogen and oxygen atoms in total. The summed E-state index contributed by atoms with van der Waals surface area (Å²) in [5.74, 6) is -0.479. The topological polar surface area (TPSA) is 113 Å². The fourth-order valence-electron chi connectivity index (χ4n) is 3.27. The molecule has 2 N–H and O–H groups in total. The first-order valence-corrected chi connectivity index (χ1v) is 12.6. The molecule has 1 aliphatic heterocycles. The third-order valence-corrected chi connectivity index (χ3v) is 8.32. The van der Waals surface area contributed by atoms with Gasteiger partial charge < -0.3 is 5.32 Å². The van der Waals surface area contributed by atoms with Gasteiger partial charge in [0.2, 0.25) is 20.0 Å². The van der Waals surface area contributed by atoms with E-state index in [-0.39, 0.29) is 15.4 Å². The summed E-state index contributed by atoms with van der Waals surface area (Å²) >= 11 is 0. The van der Waals surface area contributed by atoms with Crippen molar-refractivity contribution >= 4 is 31.6 Å². The Morgan fingerprint density at radius 3 is 2.10 bits per heavy atom. The van der Waals surface area contributed by atoms with Crippen LogP contribution >= 0.6 is 0 Å². The van der Waals surface area contributed by atoms with Gasteiger partial charge in [-0.05, 0) is 62.4 Å². The number of carbonyl (C=O) groups is 1. The van der Waals surface area contributed by atoms with Gasteiger partial charge in [-0.1, -0.05) is 18.9 Å². The van der Waals surface area contributed by atoms with E-state index in [1.807, 2.05) is 0 Å². The predicted molar refractivity (Wildman–Crippen MR) is 114 cm³/mol. The summed E-state index contributed by atoms with van der Waals surface area (Å²) in [5.41, 5.74) is 0.605. The van der Waals surface area contributed by atoms with Crippen LogP contribution in [0.5, 0.6) is 0 Å². The number of anilines is 1. The summed E-state index contributed by atoms with van der Waals surface area (Å²) < 4.78 is 53.2. The molecule has 1 aliphatic rings. The number of nitrogens with zero attached hydrogens (tertiary/aromatic N) is 1. The molecule has 30 heavy (non-hydrogen) atoms. The van der Waals surface area contributed by atoms with Crippen molar-refractivity contribution < 1.29 is 21.6 Å². The van der Waals surface area contributed by atoms with E-state index in [1.54, 1.807) is 6.07 Å². The second-order valence-corrected chi connectivity index (χ2v) is 10.9. The normalized spacial score (nSPS) is 16.0. The van der Waals surface area contributed by atoms with Crippen LogP contribution in [0.15, 0.2) is 58.3 Å². The average Bonchev–Trinajstić information content (AvgIpc) is 3.04. The lowest BCUT2D eigenvalue weighted by atomic mass is 10.2. The van der Waals surface area contributed by atoms with E-state index in [2.05, 4.69) is 10.0 Å². The summed E-state index contributed by atoms with van der Waals surface area (Å²) in [5, 5.41) is 2.66. The van der Waals surface area contributed by atoms with E-state index in [0.717, 1.165) is 25.7 Å². The number of amides is 1. The minimum atomic E-state index is -3.66. The van der Waals surface area contributed by atoms with Gasteiger partial charge in [-0.2, -0.15) is 4.31 Å². The number of hydrogen-bond donors (Lipinski definition) is 2. The second kappa shape index (κ2) is 9.25. The lowest BCUT2D eigenvalue weighted by Gasteiger charge is -2.20. The van der Waals surface area contributed by atoms with Gasteiger partial charge >= 0.3 is 0 Å². The minimum absolute atomic E-state index is 0.0774. The molecule has 2 aromatic rings. The van der Waals surface area contributed by atoms with Crippen LogP contribution in [-0.2, 0) is 20.0 Å². The quantitative estimate of drug-likeness (QED) is 0.700. The number of rotatable bonds is 6. The highest BCUT2D eigenvalue weighted by molar-refractivity contribution is 7.89. The molecule has 1 saturated heterocycles. The second-order valence-electron chi connectivity index (χ2n) is 7.03. The highest BCUT2D eigenvalue weighted by Crippen LogP contribution is 2.22. The lowest BCUT2D eigenvalue weighted by Crippen LogP contribution is -2.32. The lowest BCUT2D eigenvalue weighted by molar-refractivity contribution is 0.102. The molecule has 1 fully saturated rings. The van der Waals surface area contributed by atoms with Crippen molar-refractivity contribution in [3.63, 3.8) is 0 Å². The Kier molecular flexibility index (Phi) is 6.91. The van der Waals surface area contributed by atoms with Crippen LogP contribution in [0.1, 0.15) is 36.0 Å². The smallest absolute Gasteiger partial charge is 0.255 e. The highest BCUT2D eigenvalue weighted by atomic mass is 32.2. The van der Waals surface area contributed by atoms with Gasteiger partial charge in [0.15, 0.2) is 0 Å². The molecule has 0 saturated carbocycles. The van der Waals surface area contributed by atoms with Crippen molar-refractivity contribution in [2.45, 2.75) is 35.5 Å². The molecule has 0 bridgehead atoms. The molecule has 1 heterocycles. The third kappa shape index (κ3) is 5.07. The summed E-state index contributed by atoms with van der Waals surface area (Å²) in [4.78, 5) is 12.8. The van der Waals surface area contributed by atoms with Crippen LogP contribution in [0.4, 0.5) is 5.69 Å². The van der Waals surface area contributed by atoms with Gasteiger partial charge in [0, 0.05) is 24.3 Å². The van der Waals surface area contributed by atoms with E-state index >= 15 is 0 Å². The van der Waals surface area contributed by atoms with Gasteiger partial charge in [0.1, 0.15) is 0 Å². The maximum absolute atomic E-state index is 13.0. The minimum Gasteiger partial charge on any atom is -0.322 e. The Hall–Kier alpha value is -2.27. The maximum atomic E-state index is 13.0. The van der Waals surface area contributed by atoms with E-state index in [4.69, 9.17) is 0 Å². The van der Waals surface area contributed by atoms with Crippen LogP contribution in [-0.4, -0.2) is 47.2 Å². The summed E-state index contributed by atoms with van der Waals surface area (Å²) in [6.07, 6.45) is 3.70. The molecular weight excluding hydrogens is 426 g/mol. The number of sulfonamides is 2. The molecule has 2 aromatic carbocycles. The Morgan fingerprint density at radius 1 is 0.867 bits per heavy atom. The monoisotopic (exact) mass is 451 g/mol. The van der Waals surface area contributed by atoms with Crippen LogP contribution in [0.25, 0.3) is 0 Å². The first-order valence-electron chi connectivity index (χ1n) is 9.69. The van der Waals surface area contributed by atoms with Gasteiger partial charge in [0.25, 0.3) is 5.91 Å². The van der Waals surface area contributed by atoms with Crippen LogP contribution in [0, 0.1) is 0 Å². The molecule has 0 unspecified atom stereocenters. The molecule has 1 amide bonds. The van der Waals surface area contributed by atoms with Gasteiger partial charge in [-0.25, -0.2) is 21.6 Å². The maximum Gasteiger partial charge on any atom is 0.255 e. The summed E-state index contributed by atoms with van der Waals surface area (Å²) in [7, 11) is -5.91. The molecule has 3 rings (SSSR count). The van der Waals surface area contributed by atoms with Crippen LogP contribution < -0.4 is 10.0 Å². The molecular formula is C20H25N3O5S2. The van der Waals surface area contributed by atoms with E-state index < -0.39 is 26.0 Å². The van der Waals surface area contributed by atoms with Crippen molar-refractivity contribution in [1.29, 1.82) is 0 Å². The molecule has 0 aliphatic carbocycles. The average molecular weight is 452 g/mol. The van der Waals surface area contributed by atoms with Crippen molar-refractivity contribution in [1.82, 2.24) is 9.03 Å². The number of benzene rings is 2. The summed E-state index contributed by atoms with van der Waals surface area (Å²) in [6, 6.07) is 11.6. The van der Waals surface area contributed by atoms with Crippen LogP contribution in [0.3, 0.4) is 0 Å². The van der Waals surface area contributed by atoms with E-state index in [0.29, 0.717) is 18.8 Å². The van der Waals surface area contributed by atoms with Crippen molar-refractivity contribution in [2.24, 2.45) is 0 Å². The Balaban J connectivity index is 1.77. The molecule has 0 aromatic heterocycles. The SMILES string of the molecule is CNS(=O)(=O)c1ccc(NC(=O)c2cccc(S(=O)(=O)N3CCCCCC3)c2)cc1. The Bertz CT molecular complexity index is 1110. The number of hydrogen-bond acceptors (Lipinski definition) is 5. The van der Waals surface area contributed by atoms with Crippen molar-refractivity contribution in [3.05, 3.63) is 54.1 Å². The van der Waals surface area contributed by atoms with Crippen molar-refractivity contribution in [2.75, 3.05) is 25.5 Å². The standard InChI is InChI=1S/C20H25N3O5S2/c1-21-29(25,26)18-11-9-17(10-12-18)22-20(24)16-7-6-8-19(15-16)30(27,28)23-13-4-2-3-5-14-23/h6-12,15,21H,2-5,13-14H2,1H3,(H,22,24).